The molecule has 0 spiro atoms. The van der Waals surface area contributed by atoms with Crippen LogP contribution in [0.1, 0.15) is 42.6 Å². The molecule has 110 valence electrons. The van der Waals surface area contributed by atoms with Gasteiger partial charge in [0, 0.05) is 11.6 Å². The molecule has 2 N–H and O–H groups in total. The SMILES string of the molecule is O=C(NC1(CO)CCCCC1)c1nccc2ccccc12. The van der Waals surface area contributed by atoms with Crippen LogP contribution < -0.4 is 5.32 Å². The second-order valence-corrected chi connectivity index (χ2v) is 5.83. The topological polar surface area (TPSA) is 62.2 Å². The minimum Gasteiger partial charge on any atom is -0.394 e. The molecule has 3 rings (SSSR count). The number of hydrogen-bond acceptors (Lipinski definition) is 3. The molecule has 1 aliphatic carbocycles. The maximum Gasteiger partial charge on any atom is 0.271 e. The van der Waals surface area contributed by atoms with Crippen LogP contribution in [0.3, 0.4) is 0 Å². The van der Waals surface area contributed by atoms with Crippen LogP contribution >= 0.6 is 0 Å². The maximum atomic E-state index is 12.6. The van der Waals surface area contributed by atoms with Crippen molar-refractivity contribution < 1.29 is 9.90 Å². The Morgan fingerprint density at radius 1 is 1.19 bits per heavy atom. The van der Waals surface area contributed by atoms with Crippen LogP contribution in [-0.4, -0.2) is 28.1 Å². The predicted molar refractivity (Wildman–Crippen MR) is 82.1 cm³/mol. The molecule has 2 aromatic rings. The molecule has 1 saturated carbocycles. The van der Waals surface area contributed by atoms with Crippen LogP contribution in [0.15, 0.2) is 36.5 Å². The van der Waals surface area contributed by atoms with Crippen LogP contribution in [0, 0.1) is 0 Å². The minimum atomic E-state index is -0.478. The molecule has 4 heteroatoms. The first-order chi connectivity index (χ1) is 10.2. The number of nitrogens with zero attached hydrogens (tertiary/aromatic N) is 1. The van der Waals surface area contributed by atoms with Crippen molar-refractivity contribution in [1.29, 1.82) is 0 Å². The average molecular weight is 284 g/mol. The third-order valence-corrected chi connectivity index (χ3v) is 4.38. The van der Waals surface area contributed by atoms with Gasteiger partial charge < -0.3 is 10.4 Å². The molecule has 0 saturated heterocycles. The Morgan fingerprint density at radius 3 is 2.71 bits per heavy atom. The highest BCUT2D eigenvalue weighted by atomic mass is 16.3. The Hall–Kier alpha value is -1.94. The lowest BCUT2D eigenvalue weighted by Crippen LogP contribution is -2.52. The van der Waals surface area contributed by atoms with Crippen molar-refractivity contribution in [3.8, 4) is 0 Å². The highest BCUT2D eigenvalue weighted by Gasteiger charge is 2.33. The quantitative estimate of drug-likeness (QED) is 0.911. The summed E-state index contributed by atoms with van der Waals surface area (Å²) >= 11 is 0. The first-order valence-corrected chi connectivity index (χ1v) is 7.51. The zero-order valence-electron chi connectivity index (χ0n) is 12.0. The van der Waals surface area contributed by atoms with Crippen LogP contribution in [0.2, 0.25) is 0 Å². The molecule has 4 nitrogen and oxygen atoms in total. The molecule has 1 fully saturated rings. The average Bonchev–Trinajstić information content (AvgIpc) is 2.55. The summed E-state index contributed by atoms with van der Waals surface area (Å²) < 4.78 is 0. The summed E-state index contributed by atoms with van der Waals surface area (Å²) in [5.41, 5.74) is -0.0416. The number of benzene rings is 1. The van der Waals surface area contributed by atoms with Crippen molar-refractivity contribution in [2.75, 3.05) is 6.61 Å². The van der Waals surface area contributed by atoms with E-state index in [1.165, 1.54) is 6.42 Å². The lowest BCUT2D eigenvalue weighted by molar-refractivity contribution is 0.0755. The lowest BCUT2D eigenvalue weighted by Gasteiger charge is -2.36. The molecule has 1 heterocycles. The van der Waals surface area contributed by atoms with Crippen molar-refractivity contribution in [3.05, 3.63) is 42.2 Å². The number of fused-ring (bicyclic) bond motifs is 1. The molecule has 0 unspecified atom stereocenters. The van der Waals surface area contributed by atoms with E-state index in [2.05, 4.69) is 10.3 Å². The van der Waals surface area contributed by atoms with Gasteiger partial charge in [0.05, 0.1) is 12.1 Å². The van der Waals surface area contributed by atoms with E-state index in [0.717, 1.165) is 36.5 Å². The van der Waals surface area contributed by atoms with Crippen molar-refractivity contribution >= 4 is 16.7 Å². The second kappa shape index (κ2) is 5.82. The van der Waals surface area contributed by atoms with E-state index in [1.54, 1.807) is 6.20 Å². The van der Waals surface area contributed by atoms with E-state index >= 15 is 0 Å². The standard InChI is InChI=1S/C17H20N2O2/c20-12-17(9-4-1-5-10-17)19-16(21)15-14-7-3-2-6-13(14)8-11-18-15/h2-3,6-8,11,20H,1,4-5,9-10,12H2,(H,19,21). The molecule has 0 atom stereocenters. The van der Waals surface area contributed by atoms with Gasteiger partial charge in [-0.15, -0.1) is 0 Å². The fraction of sp³-hybridized carbons (Fsp3) is 0.412. The van der Waals surface area contributed by atoms with Crippen LogP contribution in [0.4, 0.5) is 0 Å². The van der Waals surface area contributed by atoms with Gasteiger partial charge in [0.15, 0.2) is 0 Å². The number of carbonyl (C=O) groups excluding carboxylic acids is 1. The summed E-state index contributed by atoms with van der Waals surface area (Å²) in [5, 5.41) is 14.6. The number of carbonyl (C=O) groups is 1. The number of aliphatic hydroxyl groups is 1. The summed E-state index contributed by atoms with van der Waals surface area (Å²) in [7, 11) is 0. The summed E-state index contributed by atoms with van der Waals surface area (Å²) in [6, 6.07) is 9.62. The Morgan fingerprint density at radius 2 is 1.95 bits per heavy atom. The Labute approximate surface area is 124 Å². The first-order valence-electron chi connectivity index (χ1n) is 7.51. The molecule has 0 aliphatic heterocycles. The van der Waals surface area contributed by atoms with E-state index in [1.807, 2.05) is 30.3 Å². The smallest absolute Gasteiger partial charge is 0.271 e. The zero-order chi connectivity index (χ0) is 14.7. The largest absolute Gasteiger partial charge is 0.394 e. The second-order valence-electron chi connectivity index (χ2n) is 5.83. The fourth-order valence-corrected chi connectivity index (χ4v) is 3.15. The van der Waals surface area contributed by atoms with Gasteiger partial charge in [-0.2, -0.15) is 0 Å². The Bertz CT molecular complexity index is 643. The van der Waals surface area contributed by atoms with Crippen LogP contribution in [0.25, 0.3) is 10.8 Å². The van der Waals surface area contributed by atoms with Gasteiger partial charge in [0.2, 0.25) is 0 Å². The maximum absolute atomic E-state index is 12.6. The summed E-state index contributed by atoms with van der Waals surface area (Å²) in [6.45, 7) is -0.0104. The molecular formula is C17H20N2O2. The van der Waals surface area contributed by atoms with E-state index < -0.39 is 5.54 Å². The third-order valence-electron chi connectivity index (χ3n) is 4.38. The number of hydrogen-bond donors (Lipinski definition) is 2. The number of pyridine rings is 1. The van der Waals surface area contributed by atoms with Gasteiger partial charge >= 0.3 is 0 Å². The van der Waals surface area contributed by atoms with E-state index in [9.17, 15) is 9.90 Å². The Kier molecular flexibility index (Phi) is 3.88. The summed E-state index contributed by atoms with van der Waals surface area (Å²) in [6.07, 6.45) is 6.58. The van der Waals surface area contributed by atoms with Gasteiger partial charge in [-0.1, -0.05) is 43.5 Å². The fourth-order valence-electron chi connectivity index (χ4n) is 3.15. The summed E-state index contributed by atoms with van der Waals surface area (Å²) in [5.74, 6) is -0.192. The summed E-state index contributed by atoms with van der Waals surface area (Å²) in [4.78, 5) is 16.9. The lowest BCUT2D eigenvalue weighted by atomic mass is 9.82. The number of nitrogens with one attached hydrogen (secondary N) is 1. The normalized spacial score (nSPS) is 17.6. The molecule has 21 heavy (non-hydrogen) atoms. The molecule has 1 aromatic heterocycles. The Balaban J connectivity index is 1.90. The van der Waals surface area contributed by atoms with Gasteiger partial charge in [-0.05, 0) is 24.3 Å². The third kappa shape index (κ3) is 2.76. The zero-order valence-corrected chi connectivity index (χ0v) is 12.0. The van der Waals surface area contributed by atoms with E-state index in [4.69, 9.17) is 0 Å². The van der Waals surface area contributed by atoms with E-state index in [-0.39, 0.29) is 12.5 Å². The van der Waals surface area contributed by atoms with Gasteiger partial charge in [-0.25, -0.2) is 0 Å². The van der Waals surface area contributed by atoms with Gasteiger partial charge in [0.1, 0.15) is 5.69 Å². The number of amides is 1. The number of aromatic nitrogens is 1. The molecule has 0 radical (unpaired) electrons. The predicted octanol–water partition coefficient (Wildman–Crippen LogP) is 2.66. The minimum absolute atomic E-state index is 0.0104. The number of aliphatic hydroxyl groups excluding tert-OH is 1. The molecule has 1 amide bonds. The monoisotopic (exact) mass is 284 g/mol. The molecule has 0 bridgehead atoms. The van der Waals surface area contributed by atoms with Crippen molar-refractivity contribution in [2.45, 2.75) is 37.6 Å². The highest BCUT2D eigenvalue weighted by molar-refractivity contribution is 6.05. The van der Waals surface area contributed by atoms with Crippen LogP contribution in [-0.2, 0) is 0 Å². The molecular weight excluding hydrogens is 264 g/mol. The van der Waals surface area contributed by atoms with E-state index in [0.29, 0.717) is 5.69 Å². The first kappa shape index (κ1) is 14.0. The van der Waals surface area contributed by atoms with Gasteiger partial charge in [0.25, 0.3) is 5.91 Å². The van der Waals surface area contributed by atoms with Crippen LogP contribution in [0.5, 0.6) is 0 Å². The van der Waals surface area contributed by atoms with Crippen molar-refractivity contribution in [3.63, 3.8) is 0 Å². The van der Waals surface area contributed by atoms with Crippen molar-refractivity contribution in [2.24, 2.45) is 0 Å². The van der Waals surface area contributed by atoms with Crippen molar-refractivity contribution in [1.82, 2.24) is 10.3 Å². The molecule has 1 aromatic carbocycles. The number of rotatable bonds is 3. The highest BCUT2D eigenvalue weighted by Crippen LogP contribution is 2.28. The molecule has 1 aliphatic rings. The van der Waals surface area contributed by atoms with Gasteiger partial charge in [-0.3, -0.25) is 9.78 Å².